The van der Waals surface area contributed by atoms with E-state index in [9.17, 15) is 8.42 Å². The summed E-state index contributed by atoms with van der Waals surface area (Å²) < 4.78 is 31.5. The molecule has 0 radical (unpaired) electrons. The second kappa shape index (κ2) is 4.17. The number of halogens is 3. The van der Waals surface area contributed by atoms with Gasteiger partial charge in [0.25, 0.3) is 10.1 Å². The van der Waals surface area contributed by atoms with Crippen LogP contribution in [0, 0.1) is 7.14 Å². The predicted molar refractivity (Wildman–Crippen MR) is 66.7 cm³/mol. The van der Waals surface area contributed by atoms with Crippen molar-refractivity contribution >= 4 is 66.9 Å². The van der Waals surface area contributed by atoms with Gasteiger partial charge in [-0.2, -0.15) is 8.42 Å². The maximum absolute atomic E-state index is 10.9. The topological polar surface area (TPSA) is 54.4 Å². The van der Waals surface area contributed by atoms with Crippen LogP contribution in [0.4, 0.5) is 0 Å². The van der Waals surface area contributed by atoms with Crippen molar-refractivity contribution in [3.8, 4) is 0 Å². The van der Waals surface area contributed by atoms with Crippen molar-refractivity contribution in [1.82, 2.24) is 0 Å². The molecule has 0 aliphatic rings. The Hall–Kier alpha value is 0.880. The third-order valence-corrected chi connectivity index (χ3v) is 4.83. The van der Waals surface area contributed by atoms with Gasteiger partial charge in [-0.15, -0.1) is 0 Å². The Morgan fingerprint density at radius 1 is 1.23 bits per heavy atom. The highest BCUT2D eigenvalue weighted by Gasteiger charge is 2.18. The molecule has 0 saturated heterocycles. The van der Waals surface area contributed by atoms with E-state index >= 15 is 0 Å². The maximum atomic E-state index is 10.9. The van der Waals surface area contributed by atoms with E-state index in [1.165, 1.54) is 12.1 Å². The molecule has 0 atom stereocenters. The smallest absolute Gasteiger partial charge is 0.282 e. The summed E-state index contributed by atoms with van der Waals surface area (Å²) in [6.07, 6.45) is 0. The van der Waals surface area contributed by atoms with Crippen LogP contribution >= 0.6 is 56.8 Å². The molecule has 0 amide bonds. The van der Waals surface area contributed by atoms with E-state index in [4.69, 9.17) is 16.2 Å². The summed E-state index contributed by atoms with van der Waals surface area (Å²) in [5, 5.41) is 0.446. The minimum absolute atomic E-state index is 0.0851. The molecule has 0 heterocycles. The van der Waals surface area contributed by atoms with Gasteiger partial charge >= 0.3 is 0 Å². The van der Waals surface area contributed by atoms with Gasteiger partial charge in [-0.25, -0.2) is 0 Å². The highest BCUT2D eigenvalue weighted by molar-refractivity contribution is 14.1. The van der Waals surface area contributed by atoms with Gasteiger partial charge in [-0.3, -0.25) is 4.55 Å². The molecule has 0 aliphatic carbocycles. The third kappa shape index (κ3) is 2.91. The number of hydrogen-bond acceptors (Lipinski definition) is 2. The van der Waals surface area contributed by atoms with Crippen LogP contribution in [0.1, 0.15) is 0 Å². The molecule has 0 spiro atoms. The fourth-order valence-corrected chi connectivity index (χ4v) is 5.41. The summed E-state index contributed by atoms with van der Waals surface area (Å²) in [4.78, 5) is -0.0851. The zero-order valence-electron chi connectivity index (χ0n) is 5.96. The molecular formula is C6H3ClI2O3S. The Balaban J connectivity index is 3.57. The molecular weight excluding hydrogens is 441 g/mol. The largest absolute Gasteiger partial charge is 0.296 e. The molecule has 0 fully saturated rings. The van der Waals surface area contributed by atoms with Crippen molar-refractivity contribution in [3.63, 3.8) is 0 Å². The summed E-state index contributed by atoms with van der Waals surface area (Å²) in [5.74, 6) is 0. The van der Waals surface area contributed by atoms with Gasteiger partial charge < -0.3 is 0 Å². The number of benzene rings is 1. The van der Waals surface area contributed by atoms with Crippen LogP contribution in [0.25, 0.3) is 0 Å². The number of rotatable bonds is 1. The van der Waals surface area contributed by atoms with Crippen LogP contribution in [0.5, 0.6) is 0 Å². The van der Waals surface area contributed by atoms with Gasteiger partial charge in [0.15, 0.2) is 0 Å². The SMILES string of the molecule is O=S(=O)(O)c1c(I)cc(Cl)cc1I. The van der Waals surface area contributed by atoms with Gasteiger partial charge in [-0.1, -0.05) is 11.6 Å². The maximum Gasteiger partial charge on any atom is 0.296 e. The molecule has 0 aromatic heterocycles. The van der Waals surface area contributed by atoms with Crippen molar-refractivity contribution in [2.75, 3.05) is 0 Å². The monoisotopic (exact) mass is 444 g/mol. The summed E-state index contributed by atoms with van der Waals surface area (Å²) in [6, 6.07) is 2.96. The normalized spacial score (nSPS) is 11.7. The highest BCUT2D eigenvalue weighted by Crippen LogP contribution is 2.27. The molecule has 0 bridgehead atoms. The fraction of sp³-hybridized carbons (Fsp3) is 0. The first-order chi connectivity index (χ1) is 5.82. The van der Waals surface area contributed by atoms with Crippen LogP contribution in [-0.2, 0) is 10.1 Å². The van der Waals surface area contributed by atoms with E-state index in [0.29, 0.717) is 12.2 Å². The quantitative estimate of drug-likeness (QED) is 0.536. The molecule has 7 heteroatoms. The van der Waals surface area contributed by atoms with E-state index in [2.05, 4.69) is 0 Å². The lowest BCUT2D eigenvalue weighted by Crippen LogP contribution is -2.03. The van der Waals surface area contributed by atoms with E-state index in [0.717, 1.165) is 0 Å². The van der Waals surface area contributed by atoms with Gasteiger partial charge in [0, 0.05) is 12.2 Å². The zero-order valence-corrected chi connectivity index (χ0v) is 11.8. The highest BCUT2D eigenvalue weighted by atomic mass is 127. The Kier molecular flexibility index (Phi) is 3.83. The van der Waals surface area contributed by atoms with Crippen molar-refractivity contribution in [3.05, 3.63) is 24.3 Å². The second-order valence-corrected chi connectivity index (χ2v) is 6.29. The Bertz CT molecular complexity index is 420. The van der Waals surface area contributed by atoms with Crippen LogP contribution in [0.2, 0.25) is 5.02 Å². The van der Waals surface area contributed by atoms with Crippen LogP contribution < -0.4 is 0 Å². The lowest BCUT2D eigenvalue weighted by atomic mass is 10.4. The molecule has 0 unspecified atom stereocenters. The Labute approximate surface area is 108 Å². The van der Waals surface area contributed by atoms with Crippen LogP contribution in [0.3, 0.4) is 0 Å². The van der Waals surface area contributed by atoms with Crippen molar-refractivity contribution in [2.45, 2.75) is 4.90 Å². The molecule has 1 N–H and O–H groups in total. The molecule has 0 saturated carbocycles. The van der Waals surface area contributed by atoms with Crippen molar-refractivity contribution in [1.29, 1.82) is 0 Å². The second-order valence-electron chi connectivity index (χ2n) is 2.17. The molecule has 1 rings (SSSR count). The average Bonchev–Trinajstić information content (AvgIpc) is 1.78. The summed E-state index contributed by atoms with van der Waals surface area (Å²) in [5.41, 5.74) is 0. The molecule has 0 aliphatic heterocycles. The van der Waals surface area contributed by atoms with Gasteiger partial charge in [-0.05, 0) is 57.3 Å². The fourth-order valence-electron chi connectivity index (χ4n) is 0.775. The zero-order chi connectivity index (χ0) is 10.2. The Morgan fingerprint density at radius 2 is 1.62 bits per heavy atom. The summed E-state index contributed by atoms with van der Waals surface area (Å²) in [7, 11) is -4.15. The first-order valence-electron chi connectivity index (χ1n) is 2.94. The predicted octanol–water partition coefficient (Wildman–Crippen LogP) is 2.80. The lowest BCUT2D eigenvalue weighted by molar-refractivity contribution is 0.482. The number of hydrogen-bond donors (Lipinski definition) is 1. The lowest BCUT2D eigenvalue weighted by Gasteiger charge is -2.04. The van der Waals surface area contributed by atoms with Crippen molar-refractivity contribution in [2.24, 2.45) is 0 Å². The van der Waals surface area contributed by atoms with E-state index < -0.39 is 10.1 Å². The molecule has 1 aromatic carbocycles. The van der Waals surface area contributed by atoms with E-state index in [-0.39, 0.29) is 4.90 Å². The van der Waals surface area contributed by atoms with Crippen LogP contribution in [-0.4, -0.2) is 13.0 Å². The molecule has 3 nitrogen and oxygen atoms in total. The first kappa shape index (κ1) is 12.0. The van der Waals surface area contributed by atoms with Gasteiger partial charge in [0.1, 0.15) is 4.90 Å². The average molecular weight is 444 g/mol. The van der Waals surface area contributed by atoms with E-state index in [1.807, 2.05) is 45.2 Å². The molecule has 1 aromatic rings. The van der Waals surface area contributed by atoms with Gasteiger partial charge in [0.05, 0.1) is 0 Å². The van der Waals surface area contributed by atoms with Crippen LogP contribution in [0.15, 0.2) is 17.0 Å². The standard InChI is InChI=1S/C6H3ClI2O3S/c7-3-1-4(8)6(5(9)2-3)13(10,11)12/h1-2H,(H,10,11,12). The van der Waals surface area contributed by atoms with E-state index in [1.54, 1.807) is 0 Å². The van der Waals surface area contributed by atoms with Gasteiger partial charge in [0.2, 0.25) is 0 Å². The third-order valence-electron chi connectivity index (χ3n) is 1.22. The molecule has 13 heavy (non-hydrogen) atoms. The minimum atomic E-state index is -4.15. The summed E-state index contributed by atoms with van der Waals surface area (Å²) in [6.45, 7) is 0. The Morgan fingerprint density at radius 3 is 1.92 bits per heavy atom. The minimum Gasteiger partial charge on any atom is -0.282 e. The first-order valence-corrected chi connectivity index (χ1v) is 6.92. The van der Waals surface area contributed by atoms with Crippen molar-refractivity contribution < 1.29 is 13.0 Å². The summed E-state index contributed by atoms with van der Waals surface area (Å²) >= 11 is 9.30. The molecule has 72 valence electrons.